The molecule has 0 fully saturated rings. The second kappa shape index (κ2) is 5.76. The molecule has 0 unspecified atom stereocenters. The van der Waals surface area contributed by atoms with E-state index in [4.69, 9.17) is 5.26 Å². The van der Waals surface area contributed by atoms with Crippen molar-refractivity contribution >= 4 is 15.5 Å². The summed E-state index contributed by atoms with van der Waals surface area (Å²) in [4.78, 5) is 0.313. The molecule has 0 atom stereocenters. The highest BCUT2D eigenvalue weighted by Gasteiger charge is 2.05. The predicted molar refractivity (Wildman–Crippen MR) is 78.0 cm³/mol. The van der Waals surface area contributed by atoms with Gasteiger partial charge >= 0.3 is 0 Å². The first-order valence-corrected chi connectivity index (χ1v) is 7.91. The number of hydrogen-bond acceptors (Lipinski definition) is 4. The minimum atomic E-state index is -3.15. The van der Waals surface area contributed by atoms with Crippen LogP contribution in [0.4, 0.5) is 5.69 Å². The van der Waals surface area contributed by atoms with E-state index in [9.17, 15) is 8.42 Å². The summed E-state index contributed by atoms with van der Waals surface area (Å²) < 4.78 is 22.7. The van der Waals surface area contributed by atoms with Gasteiger partial charge < -0.3 is 5.32 Å². The van der Waals surface area contributed by atoms with E-state index in [-0.39, 0.29) is 0 Å². The Hall–Kier alpha value is -2.32. The Labute approximate surface area is 118 Å². The van der Waals surface area contributed by atoms with Gasteiger partial charge in [-0.15, -0.1) is 0 Å². The molecule has 2 aromatic rings. The van der Waals surface area contributed by atoms with Crippen LogP contribution >= 0.6 is 0 Å². The fourth-order valence-corrected chi connectivity index (χ4v) is 2.39. The highest BCUT2D eigenvalue weighted by molar-refractivity contribution is 7.90. The summed E-state index contributed by atoms with van der Waals surface area (Å²) in [6.07, 6.45) is 1.19. The van der Waals surface area contributed by atoms with Gasteiger partial charge in [0.15, 0.2) is 9.84 Å². The molecule has 2 rings (SSSR count). The van der Waals surface area contributed by atoms with Gasteiger partial charge in [0, 0.05) is 18.5 Å². The molecule has 0 saturated heterocycles. The fraction of sp³-hybridized carbons (Fsp3) is 0.133. The molecule has 0 spiro atoms. The van der Waals surface area contributed by atoms with Crippen molar-refractivity contribution in [2.24, 2.45) is 0 Å². The molecule has 2 aromatic carbocycles. The van der Waals surface area contributed by atoms with E-state index in [1.54, 1.807) is 36.4 Å². The van der Waals surface area contributed by atoms with E-state index < -0.39 is 9.84 Å². The number of anilines is 1. The van der Waals surface area contributed by atoms with Crippen LogP contribution < -0.4 is 5.32 Å². The molecule has 4 nitrogen and oxygen atoms in total. The largest absolute Gasteiger partial charge is 0.381 e. The molecule has 5 heteroatoms. The van der Waals surface area contributed by atoms with Crippen molar-refractivity contribution in [1.82, 2.24) is 0 Å². The first-order valence-electron chi connectivity index (χ1n) is 6.02. The van der Waals surface area contributed by atoms with E-state index >= 15 is 0 Å². The van der Waals surface area contributed by atoms with Gasteiger partial charge in [-0.25, -0.2) is 8.42 Å². The van der Waals surface area contributed by atoms with Gasteiger partial charge in [0.25, 0.3) is 0 Å². The smallest absolute Gasteiger partial charge is 0.175 e. The van der Waals surface area contributed by atoms with Crippen LogP contribution in [0.5, 0.6) is 0 Å². The van der Waals surface area contributed by atoms with E-state index in [0.717, 1.165) is 11.3 Å². The Morgan fingerprint density at radius 2 is 1.85 bits per heavy atom. The topological polar surface area (TPSA) is 70.0 Å². The van der Waals surface area contributed by atoms with Crippen molar-refractivity contribution in [3.8, 4) is 6.07 Å². The highest BCUT2D eigenvalue weighted by Crippen LogP contribution is 2.14. The standard InChI is InChI=1S/C15H14N2O2S/c1-20(18,19)15-7-5-12(6-8-15)11-17-14-4-2-3-13(9-14)10-16/h2-9,17H,11H2,1H3. The maximum absolute atomic E-state index is 11.3. The molecule has 0 aliphatic heterocycles. The molecule has 0 saturated carbocycles. The number of sulfone groups is 1. The average Bonchev–Trinajstić information content (AvgIpc) is 2.45. The lowest BCUT2D eigenvalue weighted by molar-refractivity contribution is 0.602. The zero-order valence-corrected chi connectivity index (χ0v) is 11.8. The van der Waals surface area contributed by atoms with Crippen LogP contribution in [0.3, 0.4) is 0 Å². The number of nitrogens with one attached hydrogen (secondary N) is 1. The predicted octanol–water partition coefficient (Wildman–Crippen LogP) is 2.57. The van der Waals surface area contributed by atoms with Crippen molar-refractivity contribution in [3.63, 3.8) is 0 Å². The number of rotatable bonds is 4. The molecule has 0 aromatic heterocycles. The first-order chi connectivity index (χ1) is 9.49. The summed E-state index contributed by atoms with van der Waals surface area (Å²) >= 11 is 0. The maximum Gasteiger partial charge on any atom is 0.175 e. The van der Waals surface area contributed by atoms with Gasteiger partial charge in [-0.3, -0.25) is 0 Å². The zero-order valence-electron chi connectivity index (χ0n) is 11.0. The lowest BCUT2D eigenvalue weighted by Gasteiger charge is -2.07. The molecular formula is C15H14N2O2S. The van der Waals surface area contributed by atoms with Crippen molar-refractivity contribution in [2.75, 3.05) is 11.6 Å². The number of hydrogen-bond donors (Lipinski definition) is 1. The summed E-state index contributed by atoms with van der Waals surface area (Å²) in [5, 5.41) is 12.0. The monoisotopic (exact) mass is 286 g/mol. The summed E-state index contributed by atoms with van der Waals surface area (Å²) in [6, 6.07) is 16.0. The Bertz CT molecular complexity index is 744. The van der Waals surface area contributed by atoms with Crippen LogP contribution in [0.2, 0.25) is 0 Å². The first kappa shape index (κ1) is 14.1. The second-order valence-electron chi connectivity index (χ2n) is 4.46. The van der Waals surface area contributed by atoms with Gasteiger partial charge in [0.05, 0.1) is 16.5 Å². The third-order valence-electron chi connectivity index (χ3n) is 2.84. The molecule has 0 radical (unpaired) electrons. The third-order valence-corrected chi connectivity index (χ3v) is 3.97. The second-order valence-corrected chi connectivity index (χ2v) is 6.48. The summed E-state index contributed by atoms with van der Waals surface area (Å²) in [7, 11) is -3.15. The number of nitrogens with zero attached hydrogens (tertiary/aromatic N) is 1. The van der Waals surface area contributed by atoms with Crippen LogP contribution in [0, 0.1) is 11.3 Å². The molecule has 0 aliphatic carbocycles. The molecule has 0 heterocycles. The van der Waals surface area contributed by atoms with Crippen LogP contribution in [0.1, 0.15) is 11.1 Å². The molecule has 1 N–H and O–H groups in total. The van der Waals surface area contributed by atoms with Crippen LogP contribution in [-0.2, 0) is 16.4 Å². The Kier molecular flexibility index (Phi) is 4.06. The van der Waals surface area contributed by atoms with Gasteiger partial charge in [-0.05, 0) is 35.9 Å². The SMILES string of the molecule is CS(=O)(=O)c1ccc(CNc2cccc(C#N)c2)cc1. The normalized spacial score (nSPS) is 10.8. The maximum atomic E-state index is 11.3. The molecule has 20 heavy (non-hydrogen) atoms. The Morgan fingerprint density at radius 1 is 1.15 bits per heavy atom. The third kappa shape index (κ3) is 3.59. The van der Waals surface area contributed by atoms with E-state index in [0.29, 0.717) is 17.0 Å². The molecule has 0 amide bonds. The van der Waals surface area contributed by atoms with E-state index in [1.807, 2.05) is 12.1 Å². The fourth-order valence-electron chi connectivity index (χ4n) is 1.76. The van der Waals surface area contributed by atoms with Gasteiger partial charge in [-0.1, -0.05) is 18.2 Å². The van der Waals surface area contributed by atoms with Gasteiger partial charge in [0.2, 0.25) is 0 Å². The Morgan fingerprint density at radius 3 is 2.45 bits per heavy atom. The summed E-state index contributed by atoms with van der Waals surface area (Å²) in [5.41, 5.74) is 2.43. The van der Waals surface area contributed by atoms with Crippen LogP contribution in [0.25, 0.3) is 0 Å². The van der Waals surface area contributed by atoms with Crippen molar-refractivity contribution in [1.29, 1.82) is 5.26 Å². The minimum absolute atomic E-state index is 0.313. The average molecular weight is 286 g/mol. The highest BCUT2D eigenvalue weighted by atomic mass is 32.2. The molecule has 0 aliphatic rings. The lowest BCUT2D eigenvalue weighted by atomic mass is 10.2. The van der Waals surface area contributed by atoms with Gasteiger partial charge in [-0.2, -0.15) is 5.26 Å². The number of benzene rings is 2. The minimum Gasteiger partial charge on any atom is -0.381 e. The van der Waals surface area contributed by atoms with Crippen molar-refractivity contribution < 1.29 is 8.42 Å². The summed E-state index contributed by atoms with van der Waals surface area (Å²) in [6.45, 7) is 0.568. The Balaban J connectivity index is 2.06. The van der Waals surface area contributed by atoms with Crippen LogP contribution in [0.15, 0.2) is 53.4 Å². The molecule has 102 valence electrons. The van der Waals surface area contributed by atoms with Crippen molar-refractivity contribution in [3.05, 3.63) is 59.7 Å². The molecular weight excluding hydrogens is 272 g/mol. The summed E-state index contributed by atoms with van der Waals surface area (Å²) in [5.74, 6) is 0. The van der Waals surface area contributed by atoms with Crippen molar-refractivity contribution in [2.45, 2.75) is 11.4 Å². The zero-order chi connectivity index (χ0) is 14.6. The number of nitriles is 1. The lowest BCUT2D eigenvalue weighted by Crippen LogP contribution is -2.01. The van der Waals surface area contributed by atoms with Crippen LogP contribution in [-0.4, -0.2) is 14.7 Å². The van der Waals surface area contributed by atoms with Gasteiger partial charge in [0.1, 0.15) is 0 Å². The molecule has 0 bridgehead atoms. The quantitative estimate of drug-likeness (QED) is 0.937. The van der Waals surface area contributed by atoms with E-state index in [2.05, 4.69) is 11.4 Å². The van der Waals surface area contributed by atoms with E-state index in [1.165, 1.54) is 6.26 Å².